The highest BCUT2D eigenvalue weighted by Gasteiger charge is 2.23. The predicted molar refractivity (Wildman–Crippen MR) is 249 cm³/mol. The SMILES string of the molecule is CCCCc1ccc(N2CCCc3cc(C(=Cc4ccc(-c5ccc(/C=C(\C#N)C(=O)O)s5)s4)c4ccc5c(c4)CCCN5c4ccc(CCCC)cc4)ccc32)cc1. The Morgan fingerprint density at radius 1 is 0.661 bits per heavy atom. The molecule has 298 valence electrons. The second kappa shape index (κ2) is 18.5. The van der Waals surface area contributed by atoms with Crippen molar-refractivity contribution in [3.05, 3.63) is 158 Å². The zero-order valence-corrected chi connectivity index (χ0v) is 35.7. The van der Waals surface area contributed by atoms with Gasteiger partial charge in [-0.25, -0.2) is 4.79 Å². The number of fused-ring (bicyclic) bond motifs is 2. The van der Waals surface area contributed by atoms with Crippen LogP contribution in [0.4, 0.5) is 22.7 Å². The molecule has 59 heavy (non-hydrogen) atoms. The summed E-state index contributed by atoms with van der Waals surface area (Å²) in [4.78, 5) is 20.5. The molecule has 0 amide bonds. The van der Waals surface area contributed by atoms with Gasteiger partial charge in [-0.3, -0.25) is 0 Å². The molecule has 8 rings (SSSR count). The molecule has 0 atom stereocenters. The number of nitrogens with zero attached hydrogens (tertiary/aromatic N) is 3. The van der Waals surface area contributed by atoms with Crippen LogP contribution in [0.15, 0.2) is 115 Å². The standard InChI is InChI=1S/C52H51N3O2S2/c1-3-5-9-36-13-19-43(20-14-36)54-29-7-11-40-31-38(17-25-48(40)54)47(34-46-24-28-51(59-46)50-27-23-45(58-50)33-42(35-53)52(56)57)39-18-26-49-41(32-39)12-8-30-55(49)44-21-15-37(16-22-44)10-6-4-2/h13-28,31-34H,3-12,29-30H2,1-2H3,(H,56,57)/b42-33+. The smallest absolute Gasteiger partial charge is 0.346 e. The summed E-state index contributed by atoms with van der Waals surface area (Å²) in [6, 6.07) is 42.6. The maximum Gasteiger partial charge on any atom is 0.346 e. The van der Waals surface area contributed by atoms with Gasteiger partial charge >= 0.3 is 5.97 Å². The highest BCUT2D eigenvalue weighted by molar-refractivity contribution is 7.23. The average Bonchev–Trinajstić information content (AvgIpc) is 3.95. The zero-order valence-electron chi connectivity index (χ0n) is 34.0. The van der Waals surface area contributed by atoms with E-state index in [-0.39, 0.29) is 5.57 Å². The van der Waals surface area contributed by atoms with Crippen molar-refractivity contribution in [3.63, 3.8) is 0 Å². The van der Waals surface area contributed by atoms with Crippen LogP contribution in [-0.4, -0.2) is 24.2 Å². The van der Waals surface area contributed by atoms with Gasteiger partial charge in [0.2, 0.25) is 0 Å². The fraction of sp³-hybridized carbons (Fsp3) is 0.269. The normalized spacial score (nSPS) is 13.7. The topological polar surface area (TPSA) is 67.6 Å². The molecule has 0 saturated carbocycles. The summed E-state index contributed by atoms with van der Waals surface area (Å²) in [5.41, 5.74) is 14.1. The number of benzene rings is 4. The van der Waals surface area contributed by atoms with Gasteiger partial charge in [0.15, 0.2) is 0 Å². The second-order valence-electron chi connectivity index (χ2n) is 15.7. The molecule has 2 aliphatic rings. The molecule has 5 nitrogen and oxygen atoms in total. The van der Waals surface area contributed by atoms with Gasteiger partial charge in [-0.05, 0) is 175 Å². The molecule has 0 saturated heterocycles. The molecule has 0 bridgehead atoms. The number of carbonyl (C=O) groups is 1. The molecule has 0 radical (unpaired) electrons. The molecule has 6 aromatic rings. The largest absolute Gasteiger partial charge is 0.477 e. The summed E-state index contributed by atoms with van der Waals surface area (Å²) in [7, 11) is 0. The van der Waals surface area contributed by atoms with Gasteiger partial charge in [-0.2, -0.15) is 5.26 Å². The Labute approximate surface area is 357 Å². The zero-order chi connectivity index (χ0) is 40.7. The van der Waals surface area contributed by atoms with E-state index in [2.05, 4.69) is 127 Å². The van der Waals surface area contributed by atoms with Crippen molar-refractivity contribution in [2.45, 2.75) is 78.1 Å². The minimum Gasteiger partial charge on any atom is -0.477 e. The van der Waals surface area contributed by atoms with Gasteiger partial charge in [0.25, 0.3) is 0 Å². The first-order valence-corrected chi connectivity index (χ1v) is 22.8. The van der Waals surface area contributed by atoms with Gasteiger partial charge in [0.1, 0.15) is 11.6 Å². The van der Waals surface area contributed by atoms with Crippen LogP contribution < -0.4 is 9.80 Å². The van der Waals surface area contributed by atoms with Crippen LogP contribution >= 0.6 is 22.7 Å². The lowest BCUT2D eigenvalue weighted by Crippen LogP contribution is -2.24. The number of nitriles is 1. The number of anilines is 4. The molecule has 0 unspecified atom stereocenters. The van der Waals surface area contributed by atoms with E-state index in [9.17, 15) is 15.2 Å². The predicted octanol–water partition coefficient (Wildman–Crippen LogP) is 13.9. The van der Waals surface area contributed by atoms with E-state index >= 15 is 0 Å². The minimum atomic E-state index is -1.21. The molecule has 2 aromatic heterocycles. The fourth-order valence-electron chi connectivity index (χ4n) is 8.40. The van der Waals surface area contributed by atoms with Crippen LogP contribution in [0, 0.1) is 11.3 Å². The number of hydrogen-bond acceptors (Lipinski definition) is 6. The third-order valence-electron chi connectivity index (χ3n) is 11.6. The summed E-state index contributed by atoms with van der Waals surface area (Å²) in [6.07, 6.45) is 15.2. The molecular weight excluding hydrogens is 763 g/mol. The molecule has 0 fully saturated rings. The van der Waals surface area contributed by atoms with Crippen molar-refractivity contribution in [1.29, 1.82) is 5.26 Å². The Morgan fingerprint density at radius 2 is 1.14 bits per heavy atom. The lowest BCUT2D eigenvalue weighted by molar-refractivity contribution is -0.132. The van der Waals surface area contributed by atoms with Gasteiger partial charge in [-0.1, -0.05) is 63.1 Å². The van der Waals surface area contributed by atoms with E-state index in [1.165, 1.54) is 105 Å². The quantitative estimate of drug-likeness (QED) is 0.0876. The second-order valence-corrected chi connectivity index (χ2v) is 17.9. The van der Waals surface area contributed by atoms with Crippen molar-refractivity contribution >= 4 is 69.1 Å². The van der Waals surface area contributed by atoms with Crippen molar-refractivity contribution in [2.75, 3.05) is 22.9 Å². The monoisotopic (exact) mass is 813 g/mol. The van der Waals surface area contributed by atoms with Crippen LogP contribution in [0.5, 0.6) is 0 Å². The van der Waals surface area contributed by atoms with E-state index in [1.807, 2.05) is 12.1 Å². The third kappa shape index (κ3) is 9.15. The summed E-state index contributed by atoms with van der Waals surface area (Å²) in [5.74, 6) is -1.21. The molecule has 1 N–H and O–H groups in total. The van der Waals surface area contributed by atoms with E-state index in [0.717, 1.165) is 71.1 Å². The summed E-state index contributed by atoms with van der Waals surface area (Å²) < 4.78 is 0. The van der Waals surface area contributed by atoms with E-state index in [0.29, 0.717) is 0 Å². The van der Waals surface area contributed by atoms with E-state index in [4.69, 9.17) is 0 Å². The number of carboxylic acid groups (broad SMARTS) is 1. The minimum absolute atomic E-state index is 0.264. The molecule has 4 heterocycles. The molecule has 0 spiro atoms. The average molecular weight is 814 g/mol. The maximum absolute atomic E-state index is 11.5. The molecule has 2 aliphatic heterocycles. The number of rotatable bonds is 14. The number of unbranched alkanes of at least 4 members (excludes halogenated alkanes) is 2. The first kappa shape index (κ1) is 40.1. The highest BCUT2D eigenvalue weighted by atomic mass is 32.1. The fourth-order valence-corrected chi connectivity index (χ4v) is 10.4. The van der Waals surface area contributed by atoms with Crippen LogP contribution in [0.3, 0.4) is 0 Å². The highest BCUT2D eigenvalue weighted by Crippen LogP contribution is 2.41. The summed E-state index contributed by atoms with van der Waals surface area (Å²) >= 11 is 3.23. The van der Waals surface area contributed by atoms with Crippen LogP contribution in [0.25, 0.3) is 27.5 Å². The summed E-state index contributed by atoms with van der Waals surface area (Å²) in [5, 5.41) is 18.6. The Hall–Kier alpha value is -5.68. The van der Waals surface area contributed by atoms with Crippen molar-refractivity contribution in [2.24, 2.45) is 0 Å². The number of thiophene rings is 2. The first-order chi connectivity index (χ1) is 28.9. The van der Waals surface area contributed by atoms with Crippen LogP contribution in [-0.2, 0) is 30.5 Å². The molecule has 0 aliphatic carbocycles. The van der Waals surface area contributed by atoms with Crippen LogP contribution in [0.1, 0.15) is 95.5 Å². The maximum atomic E-state index is 11.5. The number of aliphatic carboxylic acids is 1. The molecular formula is C52H51N3O2S2. The van der Waals surface area contributed by atoms with Crippen LogP contribution in [0.2, 0.25) is 0 Å². The van der Waals surface area contributed by atoms with Gasteiger partial charge in [-0.15, -0.1) is 22.7 Å². The van der Waals surface area contributed by atoms with E-state index < -0.39 is 5.97 Å². The van der Waals surface area contributed by atoms with E-state index in [1.54, 1.807) is 17.4 Å². The lowest BCUT2D eigenvalue weighted by Gasteiger charge is -2.33. The Morgan fingerprint density at radius 3 is 1.58 bits per heavy atom. The molecule has 7 heteroatoms. The summed E-state index contributed by atoms with van der Waals surface area (Å²) in [6.45, 7) is 6.52. The first-order valence-electron chi connectivity index (χ1n) is 21.2. The van der Waals surface area contributed by atoms with Gasteiger partial charge in [0.05, 0.1) is 0 Å². The van der Waals surface area contributed by atoms with Crippen molar-refractivity contribution < 1.29 is 9.90 Å². The van der Waals surface area contributed by atoms with Crippen molar-refractivity contribution in [1.82, 2.24) is 0 Å². The number of carboxylic acids is 1. The Kier molecular flexibility index (Phi) is 12.6. The Balaban J connectivity index is 1.15. The van der Waals surface area contributed by atoms with Gasteiger partial charge in [0, 0.05) is 55.3 Å². The number of hydrogen-bond donors (Lipinski definition) is 1. The van der Waals surface area contributed by atoms with Gasteiger partial charge < -0.3 is 14.9 Å². The lowest BCUT2D eigenvalue weighted by atomic mass is 9.90. The third-order valence-corrected chi connectivity index (χ3v) is 13.8. The number of aryl methyl sites for hydroxylation is 4. The van der Waals surface area contributed by atoms with Crippen molar-refractivity contribution in [3.8, 4) is 15.8 Å². The Bertz CT molecular complexity index is 2420. The molecule has 4 aromatic carbocycles.